The lowest BCUT2D eigenvalue weighted by molar-refractivity contribution is -0.136. The summed E-state index contributed by atoms with van der Waals surface area (Å²) in [6, 6.07) is 5.38. The molecule has 7 nitrogen and oxygen atoms in total. The number of carbonyl (C=O) groups is 3. The molecule has 3 aliphatic heterocycles. The fraction of sp³-hybridized carbons (Fsp3) is 0.471. The van der Waals surface area contributed by atoms with Crippen molar-refractivity contribution in [2.45, 2.75) is 25.4 Å². The number of imide groups is 1. The van der Waals surface area contributed by atoms with Gasteiger partial charge < -0.3 is 9.80 Å². The number of halogens is 1. The maximum atomic E-state index is 12.7. The number of carbonyl (C=O) groups excluding carboxylic acids is 3. The molecule has 1 N–H and O–H groups in total. The Bertz CT molecular complexity index is 745. The van der Waals surface area contributed by atoms with E-state index in [2.05, 4.69) is 42.3 Å². The summed E-state index contributed by atoms with van der Waals surface area (Å²) in [5.74, 6) is -0.744. The summed E-state index contributed by atoms with van der Waals surface area (Å²) in [7, 11) is 0. The monoisotopic (exact) mass is 454 g/mol. The molecule has 8 heteroatoms. The van der Waals surface area contributed by atoms with Crippen LogP contribution in [-0.4, -0.2) is 58.0 Å². The summed E-state index contributed by atoms with van der Waals surface area (Å²) in [5.41, 5.74) is 2.76. The first kappa shape index (κ1) is 16.8. The minimum absolute atomic E-state index is 0.117. The molecule has 2 saturated heterocycles. The average Bonchev–Trinajstić information content (AvgIpc) is 2.92. The number of nitrogens with one attached hydrogen (secondary N) is 1. The highest BCUT2D eigenvalue weighted by Crippen LogP contribution is 2.31. The Kier molecular flexibility index (Phi) is 4.40. The maximum Gasteiger partial charge on any atom is 0.255 e. The molecule has 1 atom stereocenters. The van der Waals surface area contributed by atoms with Crippen LogP contribution in [-0.2, 0) is 16.1 Å². The number of amides is 3. The minimum atomic E-state index is -0.552. The van der Waals surface area contributed by atoms with Gasteiger partial charge in [-0.3, -0.25) is 19.7 Å². The topological polar surface area (TPSA) is 73.0 Å². The smallest absolute Gasteiger partial charge is 0.255 e. The number of hydrogen-bond donors (Lipinski definition) is 1. The summed E-state index contributed by atoms with van der Waals surface area (Å²) in [6.45, 7) is 4.39. The Balaban J connectivity index is 1.53. The van der Waals surface area contributed by atoms with Gasteiger partial charge >= 0.3 is 0 Å². The number of anilines is 1. The largest absolute Gasteiger partial charge is 0.369 e. The lowest BCUT2D eigenvalue weighted by Crippen LogP contribution is -2.52. The summed E-state index contributed by atoms with van der Waals surface area (Å²) in [4.78, 5) is 40.0. The van der Waals surface area contributed by atoms with Crippen LogP contribution in [0.5, 0.6) is 0 Å². The van der Waals surface area contributed by atoms with Crippen LogP contribution in [0.1, 0.15) is 28.8 Å². The van der Waals surface area contributed by atoms with Crippen LogP contribution in [0.25, 0.3) is 0 Å². The van der Waals surface area contributed by atoms with E-state index in [1.54, 1.807) is 4.90 Å². The highest BCUT2D eigenvalue weighted by molar-refractivity contribution is 14.1. The van der Waals surface area contributed by atoms with Crippen LogP contribution in [0.15, 0.2) is 18.2 Å². The van der Waals surface area contributed by atoms with Crippen molar-refractivity contribution in [2.24, 2.45) is 0 Å². The third-order valence-corrected chi connectivity index (χ3v) is 6.06. The Morgan fingerprint density at radius 1 is 1.08 bits per heavy atom. The van der Waals surface area contributed by atoms with E-state index in [-0.39, 0.29) is 24.1 Å². The van der Waals surface area contributed by atoms with Crippen LogP contribution in [0, 0.1) is 0 Å². The van der Waals surface area contributed by atoms with E-state index < -0.39 is 6.04 Å². The second-order valence-corrected chi connectivity index (χ2v) is 8.00. The van der Waals surface area contributed by atoms with Crippen LogP contribution in [0.4, 0.5) is 5.69 Å². The van der Waals surface area contributed by atoms with Crippen molar-refractivity contribution >= 4 is 46.3 Å². The van der Waals surface area contributed by atoms with Gasteiger partial charge in [-0.1, -0.05) is 0 Å². The normalized spacial score (nSPS) is 24.5. The molecule has 0 aliphatic carbocycles. The molecule has 0 spiro atoms. The van der Waals surface area contributed by atoms with E-state index in [1.165, 1.54) is 0 Å². The third-order valence-electron chi connectivity index (χ3n) is 5.10. The second-order valence-electron chi connectivity index (χ2n) is 6.64. The number of benzene rings is 1. The molecule has 132 valence electrons. The fourth-order valence-corrected chi connectivity index (χ4v) is 4.13. The molecule has 3 aliphatic rings. The van der Waals surface area contributed by atoms with Crippen molar-refractivity contribution in [3.05, 3.63) is 29.3 Å². The Labute approximate surface area is 159 Å². The zero-order valence-electron chi connectivity index (χ0n) is 13.7. The standard InChI is InChI=1S/C17H19IN4O3/c18-21-7-5-20(6-8-21)12-1-2-13-11(9-12)10-22(17(13)25)14-3-4-15(23)19-16(14)24/h1-2,9,14H,3-8,10H2,(H,19,23,24). The molecule has 2 fully saturated rings. The van der Waals surface area contributed by atoms with Crippen molar-refractivity contribution in [3.63, 3.8) is 0 Å². The first-order chi connectivity index (χ1) is 12.0. The fourth-order valence-electron chi connectivity index (χ4n) is 3.70. The van der Waals surface area contributed by atoms with Crippen LogP contribution >= 0.6 is 22.9 Å². The molecule has 0 radical (unpaired) electrons. The van der Waals surface area contributed by atoms with Gasteiger partial charge in [0.1, 0.15) is 6.04 Å². The van der Waals surface area contributed by atoms with Gasteiger partial charge in [0.15, 0.2) is 0 Å². The van der Waals surface area contributed by atoms with Gasteiger partial charge in [-0.2, -0.15) is 0 Å². The first-order valence-electron chi connectivity index (χ1n) is 8.46. The number of nitrogens with zero attached hydrogens (tertiary/aromatic N) is 3. The molecule has 3 amide bonds. The van der Waals surface area contributed by atoms with Gasteiger partial charge in [0, 0.05) is 73.3 Å². The molecule has 0 bridgehead atoms. The quantitative estimate of drug-likeness (QED) is 0.409. The molecule has 1 aromatic rings. The second kappa shape index (κ2) is 6.56. The average molecular weight is 454 g/mol. The maximum absolute atomic E-state index is 12.7. The van der Waals surface area contributed by atoms with Crippen molar-refractivity contribution in [1.82, 2.24) is 13.3 Å². The predicted octanol–water partition coefficient (Wildman–Crippen LogP) is 0.920. The Morgan fingerprint density at radius 3 is 2.56 bits per heavy atom. The molecule has 1 aromatic carbocycles. The van der Waals surface area contributed by atoms with E-state index in [0.29, 0.717) is 18.5 Å². The lowest BCUT2D eigenvalue weighted by Gasteiger charge is -2.33. The Morgan fingerprint density at radius 2 is 1.84 bits per heavy atom. The summed E-state index contributed by atoms with van der Waals surface area (Å²) in [5, 5.41) is 2.34. The molecule has 25 heavy (non-hydrogen) atoms. The van der Waals surface area contributed by atoms with Gasteiger partial charge in [-0.25, -0.2) is 3.11 Å². The van der Waals surface area contributed by atoms with Crippen molar-refractivity contribution in [3.8, 4) is 0 Å². The van der Waals surface area contributed by atoms with E-state index in [1.807, 2.05) is 12.1 Å². The molecule has 0 saturated carbocycles. The molecular formula is C17H19IN4O3. The molecular weight excluding hydrogens is 435 g/mol. The minimum Gasteiger partial charge on any atom is -0.369 e. The molecule has 4 rings (SSSR count). The zero-order chi connectivity index (χ0) is 17.6. The van der Waals surface area contributed by atoms with Gasteiger partial charge in [0.2, 0.25) is 11.8 Å². The van der Waals surface area contributed by atoms with Crippen molar-refractivity contribution < 1.29 is 14.4 Å². The number of fused-ring (bicyclic) bond motifs is 1. The van der Waals surface area contributed by atoms with Gasteiger partial charge in [0.25, 0.3) is 5.91 Å². The molecule has 0 aromatic heterocycles. The summed E-state index contributed by atoms with van der Waals surface area (Å²) >= 11 is 2.34. The highest BCUT2D eigenvalue weighted by atomic mass is 127. The number of piperidine rings is 1. The SMILES string of the molecule is O=C1CCC(N2Cc3cc(N4CCN(I)CC4)ccc3C2=O)C(=O)N1. The summed E-state index contributed by atoms with van der Waals surface area (Å²) < 4.78 is 2.27. The third kappa shape index (κ3) is 3.12. The van der Waals surface area contributed by atoms with Gasteiger partial charge in [-0.15, -0.1) is 0 Å². The number of hydrogen-bond acceptors (Lipinski definition) is 5. The van der Waals surface area contributed by atoms with E-state index in [0.717, 1.165) is 37.4 Å². The van der Waals surface area contributed by atoms with E-state index in [9.17, 15) is 14.4 Å². The summed E-state index contributed by atoms with van der Waals surface area (Å²) in [6.07, 6.45) is 0.678. The zero-order valence-corrected chi connectivity index (χ0v) is 15.9. The Hall–Kier alpha value is -1.68. The van der Waals surface area contributed by atoms with Crippen LogP contribution in [0.2, 0.25) is 0 Å². The number of rotatable bonds is 2. The first-order valence-corrected chi connectivity index (χ1v) is 9.42. The van der Waals surface area contributed by atoms with Gasteiger partial charge in [0.05, 0.1) is 0 Å². The van der Waals surface area contributed by atoms with Crippen LogP contribution < -0.4 is 10.2 Å². The van der Waals surface area contributed by atoms with Crippen molar-refractivity contribution in [2.75, 3.05) is 31.1 Å². The van der Waals surface area contributed by atoms with Gasteiger partial charge in [-0.05, 0) is 30.2 Å². The highest BCUT2D eigenvalue weighted by Gasteiger charge is 2.39. The van der Waals surface area contributed by atoms with Crippen molar-refractivity contribution in [1.29, 1.82) is 0 Å². The number of piperazine rings is 1. The lowest BCUT2D eigenvalue weighted by atomic mass is 10.0. The van der Waals surface area contributed by atoms with E-state index >= 15 is 0 Å². The molecule has 1 unspecified atom stereocenters. The van der Waals surface area contributed by atoms with Crippen LogP contribution in [0.3, 0.4) is 0 Å². The van der Waals surface area contributed by atoms with E-state index in [4.69, 9.17) is 0 Å². The predicted molar refractivity (Wildman–Crippen MR) is 100 cm³/mol. The molecule has 3 heterocycles.